The molecule has 0 saturated heterocycles. The molecule has 21 heteroatoms. The largest absolute Gasteiger partial charge is 4.00 e. The van der Waals surface area contributed by atoms with Gasteiger partial charge in [-0.15, -0.1) is 0 Å². The van der Waals surface area contributed by atoms with Crippen molar-refractivity contribution in [3.8, 4) is 0 Å². The van der Waals surface area contributed by atoms with Crippen molar-refractivity contribution in [1.29, 1.82) is 0 Å². The van der Waals surface area contributed by atoms with E-state index in [-0.39, 0.29) is 21.1 Å². The normalized spacial score (nSPS) is 10.9. The first-order chi connectivity index (χ1) is 18.8. The second kappa shape index (κ2) is 28.3. The maximum atomic E-state index is 9.53. The Morgan fingerprint density at radius 2 is 0.732 bits per heavy atom. The predicted octanol–water partition coefficient (Wildman–Crippen LogP) is 5.28. The summed E-state index contributed by atoms with van der Waals surface area (Å²) in [6.45, 7) is 16.8. The van der Waals surface area contributed by atoms with Crippen molar-refractivity contribution in [1.82, 2.24) is 13.4 Å². The molecule has 4 aromatic heterocycles. The Balaban J connectivity index is -0.000000422. The summed E-state index contributed by atoms with van der Waals surface area (Å²) in [5.41, 5.74) is 0. The zero-order chi connectivity index (χ0) is 31.1. The van der Waals surface area contributed by atoms with Gasteiger partial charge in [0.2, 0.25) is 0 Å². The van der Waals surface area contributed by atoms with E-state index in [1.807, 2.05) is 0 Å². The molecule has 0 fully saturated rings. The van der Waals surface area contributed by atoms with E-state index in [0.717, 1.165) is 97.7 Å². The van der Waals surface area contributed by atoms with E-state index in [0.29, 0.717) is 11.8 Å². The van der Waals surface area contributed by atoms with Crippen LogP contribution in [0.3, 0.4) is 0 Å². The number of carbonyl (C=O) groups excluding carboxylic acids is 4. The minimum atomic E-state index is -1.12. The predicted molar refractivity (Wildman–Crippen MR) is 161 cm³/mol. The van der Waals surface area contributed by atoms with Gasteiger partial charge >= 0.3 is 21.1 Å². The molecule has 0 aliphatic rings. The molecule has 0 bridgehead atoms. The molecule has 2 atom stereocenters. The number of aromatic nitrogens is 4. The second-order valence-corrected chi connectivity index (χ2v) is 16.1. The van der Waals surface area contributed by atoms with Gasteiger partial charge in [0, 0.05) is 84.3 Å². The maximum Gasteiger partial charge on any atom is 4.00 e. The van der Waals surface area contributed by atoms with Crippen LogP contribution in [0.15, 0.2) is 0 Å². The molecule has 4 rings (SSSR count). The minimum Gasteiger partial charge on any atom is -0.528 e. The first-order valence-electron chi connectivity index (χ1n) is 11.9. The van der Waals surface area contributed by atoms with Gasteiger partial charge in [-0.25, -0.2) is 0 Å². The van der Waals surface area contributed by atoms with Gasteiger partial charge in [0.1, 0.15) is 0 Å². The molecular weight excluding hydrogens is 777 g/mol. The average Bonchev–Trinajstić information content (AvgIpc) is 3.77. The molecule has 0 amide bonds. The number of hydrogen-bond donors (Lipinski definition) is 0. The summed E-state index contributed by atoms with van der Waals surface area (Å²) in [5.74, 6) is 1.41. The number of carboxylic acid groups (broad SMARTS) is 4. The van der Waals surface area contributed by atoms with E-state index in [1.54, 1.807) is 0 Å². The third-order valence-corrected chi connectivity index (χ3v) is 10.2. The van der Waals surface area contributed by atoms with Crippen LogP contribution in [0.2, 0.25) is 0 Å². The van der Waals surface area contributed by atoms with Gasteiger partial charge in [-0.2, -0.15) is 25.2 Å². The van der Waals surface area contributed by atoms with Crippen molar-refractivity contribution in [2.45, 2.75) is 79.1 Å². The van der Waals surface area contributed by atoms with Crippen molar-refractivity contribution in [3.05, 3.63) is 13.8 Å². The van der Waals surface area contributed by atoms with E-state index in [4.69, 9.17) is 0 Å². The Kier molecular flexibility index (Phi) is 31.0. The summed E-state index contributed by atoms with van der Waals surface area (Å²) < 4.78 is 4.22. The van der Waals surface area contributed by atoms with Crippen molar-refractivity contribution < 1.29 is 60.7 Å². The number of rotatable bonds is 8. The fourth-order valence-corrected chi connectivity index (χ4v) is 4.18. The zero-order valence-corrected chi connectivity index (χ0v) is 31.5. The van der Waals surface area contributed by atoms with E-state index in [2.05, 4.69) is 41.5 Å². The molecule has 0 spiro atoms. The van der Waals surface area contributed by atoms with Crippen LogP contribution in [-0.4, -0.2) is 37.8 Å². The molecule has 12 nitrogen and oxygen atoms in total. The molecular formula is C20H34MoN4O8S8-2. The Morgan fingerprint density at radius 3 is 0.805 bits per heavy atom. The first-order valence-corrected chi connectivity index (χ1v) is 20.2. The van der Waals surface area contributed by atoms with Crippen LogP contribution < -0.4 is 20.4 Å². The molecule has 0 saturated carbocycles. The van der Waals surface area contributed by atoms with Crippen LogP contribution >= 0.6 is 84.3 Å². The topological polar surface area (TPSA) is 180 Å². The van der Waals surface area contributed by atoms with Crippen molar-refractivity contribution in [2.24, 2.45) is 11.8 Å². The molecule has 0 aromatic carbocycles. The summed E-state index contributed by atoms with van der Waals surface area (Å²) in [4.78, 5) is 38.1. The molecule has 4 heterocycles. The SMILES string of the molecule is O=C([O-])n1ss1.O=C([O-])n1ss1.O=C([O-])n1ss1.O=C([O-])n1ss1.[CH2-]C(CC)CCCC.[CH2-]C(CC)CCCC.[Mo+4]. The maximum absolute atomic E-state index is 9.53. The molecule has 0 aliphatic heterocycles. The van der Waals surface area contributed by atoms with Crippen LogP contribution in [0.1, 0.15) is 79.1 Å². The Bertz CT molecular complexity index is 882. The number of carbonyl (C=O) groups is 4. The van der Waals surface area contributed by atoms with Crippen molar-refractivity contribution in [3.63, 3.8) is 0 Å². The molecule has 0 N–H and O–H groups in total. The van der Waals surface area contributed by atoms with Gasteiger partial charge in [0.05, 0.1) is 0 Å². The average molecular weight is 811 g/mol. The van der Waals surface area contributed by atoms with Crippen molar-refractivity contribution in [2.75, 3.05) is 0 Å². The molecule has 41 heavy (non-hydrogen) atoms. The standard InChI is InChI=1S/2C8H17.4CHNO2S2.Mo/c2*1-4-6-7-8(3)5-2;4*3-1(4)2-5-6-2;/h2*8H,3-7H2,1-2H3;4*(H,3,4);/q2*-1;;;;;+4/p-4. The fraction of sp³-hybridized carbons (Fsp3) is 0.700. The molecule has 0 aliphatic carbocycles. The molecule has 2 unspecified atom stereocenters. The van der Waals surface area contributed by atoms with Gasteiger partial charge in [-0.1, -0.05) is 79.1 Å². The van der Waals surface area contributed by atoms with Gasteiger partial charge in [0.15, 0.2) is 24.4 Å². The Labute approximate surface area is 285 Å². The number of unbranched alkanes of at least 4 members (excludes halogenated alkanes) is 2. The molecule has 4 aromatic rings. The number of hydrogen-bond acceptors (Lipinski definition) is 16. The zero-order valence-electron chi connectivity index (χ0n) is 23.0. The van der Waals surface area contributed by atoms with Gasteiger partial charge < -0.3 is 53.5 Å². The third kappa shape index (κ3) is 35.6. The fourth-order valence-electron chi connectivity index (χ4n) is 1.70. The van der Waals surface area contributed by atoms with Crippen LogP contribution in [0.4, 0.5) is 19.2 Å². The van der Waals surface area contributed by atoms with Crippen LogP contribution in [0.5, 0.6) is 0 Å². The summed E-state index contributed by atoms with van der Waals surface area (Å²) in [5, 5.41) is 38.1. The van der Waals surface area contributed by atoms with Gasteiger partial charge in [-0.3, -0.25) is 0 Å². The van der Waals surface area contributed by atoms with E-state index in [9.17, 15) is 39.6 Å². The Hall–Kier alpha value is -0.472. The van der Waals surface area contributed by atoms with Crippen molar-refractivity contribution >= 4 is 109 Å². The summed E-state index contributed by atoms with van der Waals surface area (Å²) >= 11 is 0. The first kappa shape index (κ1) is 45.0. The summed E-state index contributed by atoms with van der Waals surface area (Å²) in [7, 11) is 9.31. The smallest absolute Gasteiger partial charge is 0.528 e. The van der Waals surface area contributed by atoms with E-state index in [1.165, 1.54) is 51.4 Å². The van der Waals surface area contributed by atoms with Gasteiger partial charge in [0.25, 0.3) is 0 Å². The Morgan fingerprint density at radius 1 is 0.537 bits per heavy atom. The third-order valence-electron chi connectivity index (χ3n) is 4.28. The van der Waals surface area contributed by atoms with Gasteiger partial charge in [-0.05, 0) is 0 Å². The molecule has 0 radical (unpaired) electrons. The van der Waals surface area contributed by atoms with E-state index >= 15 is 0 Å². The monoisotopic (exact) mass is 812 g/mol. The summed E-state index contributed by atoms with van der Waals surface area (Å²) in [6.07, 6.45) is 5.94. The quantitative estimate of drug-likeness (QED) is 0.131. The molecule has 238 valence electrons. The van der Waals surface area contributed by atoms with Crippen LogP contribution in [0.25, 0.3) is 0 Å². The second-order valence-electron chi connectivity index (χ2n) is 7.52. The summed E-state index contributed by atoms with van der Waals surface area (Å²) in [6, 6.07) is 0. The van der Waals surface area contributed by atoms with E-state index < -0.39 is 24.4 Å². The number of nitrogens with zero attached hydrogens (tertiary/aromatic N) is 4. The van der Waals surface area contributed by atoms with Crippen LogP contribution in [0, 0.1) is 25.7 Å². The van der Waals surface area contributed by atoms with Crippen LogP contribution in [-0.2, 0) is 21.1 Å². The minimum absolute atomic E-state index is 0.